The molecule has 0 aliphatic carbocycles. The van der Waals surface area contributed by atoms with E-state index in [-0.39, 0.29) is 12.4 Å². The summed E-state index contributed by atoms with van der Waals surface area (Å²) in [5.41, 5.74) is 0. The number of hydrogen-bond donors (Lipinski definition) is 2. The summed E-state index contributed by atoms with van der Waals surface area (Å²) in [5.74, 6) is -1.83. The molecule has 0 unspecified atom stereocenters. The fourth-order valence-electron chi connectivity index (χ4n) is 0.780. The number of allylic oxidation sites excluding steroid dienone is 1. The molecule has 0 aliphatic heterocycles. The van der Waals surface area contributed by atoms with E-state index < -0.39 is 11.7 Å². The minimum absolute atomic E-state index is 0.184. The summed E-state index contributed by atoms with van der Waals surface area (Å²) in [6.45, 7) is 3.77. The monoisotopic (exact) mass is 188 g/mol. The number of esters is 1. The highest BCUT2D eigenvalue weighted by atomic mass is 16.5. The first-order chi connectivity index (χ1) is 6.13. The van der Waals surface area contributed by atoms with Crippen molar-refractivity contribution in [3.63, 3.8) is 0 Å². The van der Waals surface area contributed by atoms with Crippen LogP contribution >= 0.6 is 0 Å². The molecule has 0 amide bonds. The molecule has 0 radical (unpaired) electrons. The van der Waals surface area contributed by atoms with Crippen LogP contribution < -0.4 is 0 Å². The molecule has 0 aliphatic rings. The fraction of sp³-hybridized carbons (Fsp3) is 0.667. The number of hydrogen-bond acceptors (Lipinski definition) is 4. The Kier molecular flexibility index (Phi) is 5.76. The Labute approximate surface area is 77.8 Å². The minimum atomic E-state index is -0.865. The lowest BCUT2D eigenvalue weighted by atomic mass is 10.2. The Hall–Kier alpha value is -1.19. The van der Waals surface area contributed by atoms with Crippen molar-refractivity contribution < 1.29 is 19.7 Å². The van der Waals surface area contributed by atoms with Crippen LogP contribution in [0.2, 0.25) is 0 Å². The number of aliphatic hydroxyl groups is 2. The third-order valence-corrected chi connectivity index (χ3v) is 1.51. The Morgan fingerprint density at radius 1 is 1.31 bits per heavy atom. The van der Waals surface area contributed by atoms with Gasteiger partial charge in [-0.3, -0.25) is 0 Å². The second-order valence-corrected chi connectivity index (χ2v) is 2.62. The molecule has 0 bridgehead atoms. The van der Waals surface area contributed by atoms with Crippen LogP contribution in [0.5, 0.6) is 0 Å². The van der Waals surface area contributed by atoms with Crippen molar-refractivity contribution in [2.75, 3.05) is 6.61 Å². The molecule has 0 saturated heterocycles. The van der Waals surface area contributed by atoms with Gasteiger partial charge in [0.2, 0.25) is 5.76 Å². The molecule has 13 heavy (non-hydrogen) atoms. The van der Waals surface area contributed by atoms with Gasteiger partial charge in [-0.15, -0.1) is 0 Å². The number of aliphatic hydroxyl groups excluding tert-OH is 2. The lowest BCUT2D eigenvalue weighted by molar-refractivity contribution is -0.141. The Balaban J connectivity index is 4.15. The van der Waals surface area contributed by atoms with E-state index >= 15 is 0 Å². The zero-order valence-corrected chi connectivity index (χ0v) is 8.04. The highest BCUT2D eigenvalue weighted by Gasteiger charge is 2.13. The Bertz CT molecular complexity index is 196. The summed E-state index contributed by atoms with van der Waals surface area (Å²) in [6, 6.07) is 0. The molecular weight excluding hydrogens is 172 g/mol. The largest absolute Gasteiger partial charge is 0.508 e. The van der Waals surface area contributed by atoms with Crippen LogP contribution in [0.1, 0.15) is 33.1 Å². The molecule has 0 fully saturated rings. The zero-order valence-electron chi connectivity index (χ0n) is 8.04. The van der Waals surface area contributed by atoms with Gasteiger partial charge in [0.25, 0.3) is 0 Å². The van der Waals surface area contributed by atoms with Gasteiger partial charge in [-0.2, -0.15) is 0 Å². The predicted molar refractivity (Wildman–Crippen MR) is 48.4 cm³/mol. The smallest absolute Gasteiger partial charge is 0.376 e. The summed E-state index contributed by atoms with van der Waals surface area (Å²) in [7, 11) is 0. The van der Waals surface area contributed by atoms with Gasteiger partial charge in [0.15, 0.2) is 0 Å². The number of carbonyl (C=O) groups excluding carboxylic acids is 1. The maximum Gasteiger partial charge on any atom is 0.376 e. The van der Waals surface area contributed by atoms with Crippen LogP contribution in [0, 0.1) is 0 Å². The molecule has 0 atom stereocenters. The van der Waals surface area contributed by atoms with Crippen molar-refractivity contribution >= 4 is 5.97 Å². The first kappa shape index (κ1) is 11.8. The summed E-state index contributed by atoms with van der Waals surface area (Å²) < 4.78 is 4.50. The minimum Gasteiger partial charge on any atom is -0.508 e. The van der Waals surface area contributed by atoms with E-state index in [1.807, 2.05) is 6.92 Å². The maximum absolute atomic E-state index is 10.9. The first-order valence-corrected chi connectivity index (χ1v) is 4.41. The van der Waals surface area contributed by atoms with E-state index in [0.29, 0.717) is 6.42 Å². The molecule has 0 aromatic rings. The number of rotatable bonds is 5. The molecule has 4 heteroatoms. The van der Waals surface area contributed by atoms with Gasteiger partial charge in [0, 0.05) is 6.42 Å². The molecule has 0 aromatic carbocycles. The van der Waals surface area contributed by atoms with E-state index in [2.05, 4.69) is 4.74 Å². The van der Waals surface area contributed by atoms with Crippen LogP contribution in [0.4, 0.5) is 0 Å². The van der Waals surface area contributed by atoms with Gasteiger partial charge < -0.3 is 14.9 Å². The van der Waals surface area contributed by atoms with E-state index in [0.717, 1.165) is 12.8 Å². The van der Waals surface area contributed by atoms with Crippen LogP contribution in [-0.2, 0) is 9.53 Å². The first-order valence-electron chi connectivity index (χ1n) is 4.41. The van der Waals surface area contributed by atoms with Crippen LogP contribution in [-0.4, -0.2) is 22.8 Å². The van der Waals surface area contributed by atoms with Gasteiger partial charge in [-0.05, 0) is 13.3 Å². The van der Waals surface area contributed by atoms with Crippen LogP contribution in [0.3, 0.4) is 0 Å². The fourth-order valence-corrected chi connectivity index (χ4v) is 0.780. The number of ether oxygens (including phenoxy) is 1. The third kappa shape index (κ3) is 4.40. The normalized spacial score (nSPS) is 12.2. The van der Waals surface area contributed by atoms with Gasteiger partial charge in [0.05, 0.1) is 6.61 Å². The average Bonchev–Trinajstić information content (AvgIpc) is 2.13. The molecule has 4 nitrogen and oxygen atoms in total. The summed E-state index contributed by atoms with van der Waals surface area (Å²) in [5, 5.41) is 18.3. The number of carbonyl (C=O) groups is 1. The molecule has 0 rings (SSSR count). The highest BCUT2D eigenvalue weighted by molar-refractivity contribution is 5.86. The molecular formula is C9H16O4. The van der Waals surface area contributed by atoms with Crippen molar-refractivity contribution in [1.82, 2.24) is 0 Å². The lowest BCUT2D eigenvalue weighted by Gasteiger charge is -2.03. The summed E-state index contributed by atoms with van der Waals surface area (Å²) in [4.78, 5) is 10.9. The topological polar surface area (TPSA) is 66.8 Å². The standard InChI is InChI=1S/C9H16O4/c1-3-5-6-7(10)8(11)9(12)13-4-2/h10-11H,3-6H2,1-2H3/b8-7-. The van der Waals surface area contributed by atoms with Crippen molar-refractivity contribution in [3.8, 4) is 0 Å². The second kappa shape index (κ2) is 6.34. The molecule has 76 valence electrons. The Morgan fingerprint density at radius 2 is 1.92 bits per heavy atom. The van der Waals surface area contributed by atoms with Gasteiger partial charge in [0.1, 0.15) is 5.76 Å². The molecule has 2 N–H and O–H groups in total. The van der Waals surface area contributed by atoms with Crippen molar-refractivity contribution in [3.05, 3.63) is 11.5 Å². The van der Waals surface area contributed by atoms with E-state index in [9.17, 15) is 9.90 Å². The SMILES string of the molecule is CCCC/C(O)=C(/O)C(=O)OCC. The predicted octanol–water partition coefficient (Wildman–Crippen LogP) is 2.07. The average molecular weight is 188 g/mol. The van der Waals surface area contributed by atoms with Crippen LogP contribution in [0.25, 0.3) is 0 Å². The third-order valence-electron chi connectivity index (χ3n) is 1.51. The van der Waals surface area contributed by atoms with Crippen molar-refractivity contribution in [1.29, 1.82) is 0 Å². The molecule has 0 heterocycles. The molecule has 0 spiro atoms. The summed E-state index contributed by atoms with van der Waals surface area (Å²) >= 11 is 0. The summed E-state index contributed by atoms with van der Waals surface area (Å²) in [6.07, 6.45) is 1.93. The maximum atomic E-state index is 10.9. The second-order valence-electron chi connectivity index (χ2n) is 2.62. The molecule has 0 saturated carbocycles. The van der Waals surface area contributed by atoms with Crippen molar-refractivity contribution in [2.24, 2.45) is 0 Å². The van der Waals surface area contributed by atoms with Crippen LogP contribution in [0.15, 0.2) is 11.5 Å². The molecule has 0 aromatic heterocycles. The van der Waals surface area contributed by atoms with Crippen molar-refractivity contribution in [2.45, 2.75) is 33.1 Å². The zero-order chi connectivity index (χ0) is 10.3. The van der Waals surface area contributed by atoms with E-state index in [1.54, 1.807) is 6.92 Å². The number of unbranched alkanes of at least 4 members (excludes halogenated alkanes) is 1. The van der Waals surface area contributed by atoms with Gasteiger partial charge >= 0.3 is 5.97 Å². The highest BCUT2D eigenvalue weighted by Crippen LogP contribution is 2.08. The van der Waals surface area contributed by atoms with E-state index in [1.165, 1.54) is 0 Å². The Morgan fingerprint density at radius 3 is 2.38 bits per heavy atom. The van der Waals surface area contributed by atoms with Gasteiger partial charge in [-0.25, -0.2) is 4.79 Å². The quantitative estimate of drug-likeness (QED) is 0.393. The van der Waals surface area contributed by atoms with Gasteiger partial charge in [-0.1, -0.05) is 13.3 Å². The lowest BCUT2D eigenvalue weighted by Crippen LogP contribution is -2.09. The van der Waals surface area contributed by atoms with E-state index in [4.69, 9.17) is 5.11 Å².